The number of carboxylic acids is 1. The van der Waals surface area contributed by atoms with E-state index in [0.29, 0.717) is 11.3 Å². The summed E-state index contributed by atoms with van der Waals surface area (Å²) in [7, 11) is 0. The van der Waals surface area contributed by atoms with Gasteiger partial charge in [-0.15, -0.1) is 0 Å². The van der Waals surface area contributed by atoms with Gasteiger partial charge in [-0.2, -0.15) is 0 Å². The zero-order valence-electron chi connectivity index (χ0n) is 14.5. The monoisotopic (exact) mass is 366 g/mol. The van der Waals surface area contributed by atoms with Crippen molar-refractivity contribution in [2.75, 3.05) is 4.90 Å². The number of amides is 2. The summed E-state index contributed by atoms with van der Waals surface area (Å²) in [5.74, 6) is -4.34. The van der Waals surface area contributed by atoms with Gasteiger partial charge in [0.1, 0.15) is 35.6 Å². The first-order chi connectivity index (χ1) is 12.9. The molecule has 2 aliphatic rings. The van der Waals surface area contributed by atoms with Gasteiger partial charge in [0.05, 0.1) is 11.3 Å². The predicted molar refractivity (Wildman–Crippen MR) is 92.2 cm³/mol. The molecule has 4 rings (SSSR count). The zero-order valence-corrected chi connectivity index (χ0v) is 14.5. The van der Waals surface area contributed by atoms with E-state index in [2.05, 4.69) is 0 Å². The number of carbonyl (C=O) groups is 3. The van der Waals surface area contributed by atoms with E-state index in [9.17, 15) is 24.6 Å². The Morgan fingerprint density at radius 2 is 1.78 bits per heavy atom. The quantitative estimate of drug-likeness (QED) is 0.694. The van der Waals surface area contributed by atoms with Crippen molar-refractivity contribution in [3.8, 4) is 5.75 Å². The molecule has 2 fully saturated rings. The van der Waals surface area contributed by atoms with Crippen LogP contribution in [0.3, 0.4) is 0 Å². The second-order valence-electron chi connectivity index (χ2n) is 7.02. The van der Waals surface area contributed by atoms with Crippen molar-refractivity contribution >= 4 is 23.5 Å². The Morgan fingerprint density at radius 1 is 1.07 bits per heavy atom. The lowest BCUT2D eigenvalue weighted by atomic mass is 9.86. The lowest BCUT2D eigenvalue weighted by molar-refractivity contribution is -0.705. The van der Waals surface area contributed by atoms with Gasteiger partial charge in [0.15, 0.2) is 0 Å². The molecule has 2 amide bonds. The van der Waals surface area contributed by atoms with Gasteiger partial charge in [0.2, 0.25) is 11.8 Å². The van der Waals surface area contributed by atoms with E-state index in [0.717, 1.165) is 10.5 Å². The number of nitrogens with two attached hydrogens (primary N) is 1. The third-order valence-corrected chi connectivity index (χ3v) is 5.41. The summed E-state index contributed by atoms with van der Waals surface area (Å²) in [6.07, 6.45) is 0. The van der Waals surface area contributed by atoms with Gasteiger partial charge in [-0.05, 0) is 36.8 Å². The van der Waals surface area contributed by atoms with Gasteiger partial charge < -0.3 is 20.3 Å². The predicted octanol–water partition coefficient (Wildman–Crippen LogP) is -0.757. The normalized spacial score (nSPS) is 27.1. The number of imide groups is 1. The second kappa shape index (κ2) is 6.21. The van der Waals surface area contributed by atoms with Crippen molar-refractivity contribution in [2.45, 2.75) is 19.0 Å². The number of aromatic hydroxyl groups is 1. The molecule has 2 aliphatic heterocycles. The highest BCUT2D eigenvalue weighted by Gasteiger charge is 2.63. The average molecular weight is 366 g/mol. The number of para-hydroxylation sites is 1. The maximum absolute atomic E-state index is 13.2. The number of aliphatic carboxylic acids is 1. The maximum atomic E-state index is 13.2. The molecule has 0 saturated carbocycles. The number of quaternary nitrogens is 1. The molecule has 0 aromatic heterocycles. The molecule has 2 heterocycles. The van der Waals surface area contributed by atoms with E-state index in [1.54, 1.807) is 36.4 Å². The fourth-order valence-electron chi connectivity index (χ4n) is 4.24. The standard InChI is InChI=1S/C20H18N2O5/c1-10-5-4-6-11(9-10)22-18(24)14-15(19(22)25)17(20(26)27)21-16(14)12-7-2-3-8-13(12)23/h2-9,14-17,21,23H,1H3,(H,26,27)/t14-,15+,16-,17-/m0/s1. The number of aryl methyl sites for hydroxylation is 1. The Morgan fingerprint density at radius 3 is 2.44 bits per heavy atom. The molecule has 4 atom stereocenters. The summed E-state index contributed by atoms with van der Waals surface area (Å²) in [6.45, 7) is 1.85. The van der Waals surface area contributed by atoms with Crippen LogP contribution in [-0.2, 0) is 14.4 Å². The van der Waals surface area contributed by atoms with Gasteiger partial charge in [0.25, 0.3) is 0 Å². The smallest absolute Gasteiger partial charge is 0.244 e. The number of anilines is 1. The Labute approximate surface area is 155 Å². The van der Waals surface area contributed by atoms with Crippen LogP contribution in [0.25, 0.3) is 0 Å². The van der Waals surface area contributed by atoms with Crippen LogP contribution < -0.4 is 15.3 Å². The topological polar surface area (TPSA) is 114 Å². The van der Waals surface area contributed by atoms with E-state index in [4.69, 9.17) is 0 Å². The van der Waals surface area contributed by atoms with Crippen LogP contribution in [0.1, 0.15) is 17.2 Å². The third kappa shape index (κ3) is 2.59. The molecule has 138 valence electrons. The molecule has 0 bridgehead atoms. The lowest BCUT2D eigenvalue weighted by Gasteiger charge is -2.21. The summed E-state index contributed by atoms with van der Waals surface area (Å²) < 4.78 is 0. The molecular formula is C20H18N2O5. The highest BCUT2D eigenvalue weighted by Crippen LogP contribution is 2.43. The molecule has 27 heavy (non-hydrogen) atoms. The van der Waals surface area contributed by atoms with E-state index < -0.39 is 41.7 Å². The molecule has 2 saturated heterocycles. The van der Waals surface area contributed by atoms with Gasteiger partial charge in [-0.3, -0.25) is 9.59 Å². The minimum absolute atomic E-state index is 0.0363. The van der Waals surface area contributed by atoms with Crippen molar-refractivity contribution < 1.29 is 29.9 Å². The number of nitrogens with zero attached hydrogens (tertiary/aromatic N) is 1. The molecule has 7 heteroatoms. The summed E-state index contributed by atoms with van der Waals surface area (Å²) in [5, 5.41) is 23.3. The molecule has 0 aliphatic carbocycles. The number of benzene rings is 2. The number of phenolic OH excluding ortho intramolecular Hbond substituents is 1. The Balaban J connectivity index is 1.80. The zero-order chi connectivity index (χ0) is 19.3. The highest BCUT2D eigenvalue weighted by atomic mass is 16.4. The van der Waals surface area contributed by atoms with Crippen LogP contribution in [0.4, 0.5) is 5.69 Å². The summed E-state index contributed by atoms with van der Waals surface area (Å²) in [4.78, 5) is 38.9. The Hall–Kier alpha value is -3.19. The molecule has 0 radical (unpaired) electrons. The fourth-order valence-corrected chi connectivity index (χ4v) is 4.24. The van der Waals surface area contributed by atoms with E-state index >= 15 is 0 Å². The second-order valence-corrected chi connectivity index (χ2v) is 7.02. The summed E-state index contributed by atoms with van der Waals surface area (Å²) in [6, 6.07) is 11.5. The number of hydrogen-bond acceptors (Lipinski definition) is 5. The average Bonchev–Trinajstić information content (AvgIpc) is 3.13. The van der Waals surface area contributed by atoms with Gasteiger partial charge in [-0.1, -0.05) is 24.3 Å². The van der Waals surface area contributed by atoms with Crippen LogP contribution in [0.2, 0.25) is 0 Å². The van der Waals surface area contributed by atoms with Gasteiger partial charge in [-0.25, -0.2) is 4.90 Å². The van der Waals surface area contributed by atoms with Crippen molar-refractivity contribution in [3.05, 3.63) is 59.7 Å². The van der Waals surface area contributed by atoms with Crippen LogP contribution >= 0.6 is 0 Å². The molecule has 2 aromatic rings. The van der Waals surface area contributed by atoms with Crippen molar-refractivity contribution in [2.24, 2.45) is 11.8 Å². The van der Waals surface area contributed by atoms with Crippen molar-refractivity contribution in [1.82, 2.24) is 0 Å². The van der Waals surface area contributed by atoms with Gasteiger partial charge in [0, 0.05) is 0 Å². The van der Waals surface area contributed by atoms with E-state index in [-0.39, 0.29) is 5.75 Å². The number of carboxylic acid groups (broad SMARTS) is 1. The SMILES string of the molecule is Cc1cccc(N2C(=O)[C@@H]3[C@H](C2=O)[C@H](c2ccccc2O)[NH2+][C@@H]3C(=O)[O-])c1. The molecule has 7 nitrogen and oxygen atoms in total. The summed E-state index contributed by atoms with van der Waals surface area (Å²) >= 11 is 0. The number of hydrogen-bond donors (Lipinski definition) is 2. The fraction of sp³-hybridized carbons (Fsp3) is 0.250. The minimum atomic E-state index is -1.39. The minimum Gasteiger partial charge on any atom is -0.544 e. The van der Waals surface area contributed by atoms with Crippen LogP contribution in [0.15, 0.2) is 48.5 Å². The number of phenols is 1. The molecule has 0 spiro atoms. The van der Waals surface area contributed by atoms with Crippen LogP contribution in [0, 0.1) is 18.8 Å². The molecule has 2 aromatic carbocycles. The molecule has 3 N–H and O–H groups in total. The molecule has 0 unspecified atom stereocenters. The number of carbonyl (C=O) groups excluding carboxylic acids is 3. The largest absolute Gasteiger partial charge is 0.544 e. The first kappa shape index (κ1) is 17.2. The van der Waals surface area contributed by atoms with E-state index in [1.165, 1.54) is 11.4 Å². The summed E-state index contributed by atoms with van der Waals surface area (Å²) in [5.41, 5.74) is 1.74. The Bertz CT molecular complexity index is 957. The van der Waals surface area contributed by atoms with Crippen molar-refractivity contribution in [3.63, 3.8) is 0 Å². The maximum Gasteiger partial charge on any atom is 0.244 e. The number of rotatable bonds is 3. The van der Waals surface area contributed by atoms with Crippen molar-refractivity contribution in [1.29, 1.82) is 0 Å². The van der Waals surface area contributed by atoms with Gasteiger partial charge >= 0.3 is 0 Å². The Kier molecular flexibility index (Phi) is 3.96. The number of fused-ring (bicyclic) bond motifs is 1. The van der Waals surface area contributed by atoms with E-state index in [1.807, 2.05) is 13.0 Å². The lowest BCUT2D eigenvalue weighted by Crippen LogP contribution is -2.92. The first-order valence-corrected chi connectivity index (χ1v) is 8.68. The van der Waals surface area contributed by atoms with Crippen LogP contribution in [0.5, 0.6) is 5.75 Å². The first-order valence-electron chi connectivity index (χ1n) is 8.68. The third-order valence-electron chi connectivity index (χ3n) is 5.41. The highest BCUT2D eigenvalue weighted by molar-refractivity contribution is 6.23. The molecular weight excluding hydrogens is 348 g/mol. The van der Waals surface area contributed by atoms with Crippen LogP contribution in [-0.4, -0.2) is 28.9 Å².